The molecule has 0 saturated carbocycles. The molecule has 5 heteroatoms. The minimum atomic E-state index is 0.577. The Morgan fingerprint density at radius 2 is 2.08 bits per heavy atom. The minimum absolute atomic E-state index is 0.577. The van der Waals surface area contributed by atoms with E-state index in [-0.39, 0.29) is 0 Å². The van der Waals surface area contributed by atoms with Gasteiger partial charge in [-0.3, -0.25) is 0 Å². The Kier molecular flexibility index (Phi) is 2.85. The highest BCUT2D eigenvalue weighted by molar-refractivity contribution is 7.99. The van der Waals surface area contributed by atoms with Crippen LogP contribution in [0.25, 0.3) is 0 Å². The maximum absolute atomic E-state index is 5.29. The van der Waals surface area contributed by atoms with Crippen LogP contribution >= 0.6 is 11.8 Å². The van der Waals surface area contributed by atoms with Crippen molar-refractivity contribution in [1.82, 2.24) is 10.2 Å². The zero-order valence-electron chi connectivity index (χ0n) is 7.52. The van der Waals surface area contributed by atoms with Gasteiger partial charge >= 0.3 is 0 Å². The Labute approximate surface area is 81.1 Å². The van der Waals surface area contributed by atoms with Gasteiger partial charge in [0.1, 0.15) is 0 Å². The largest absolute Gasteiger partial charge is 0.416 e. The van der Waals surface area contributed by atoms with Gasteiger partial charge in [-0.15, -0.1) is 10.2 Å². The molecule has 1 saturated heterocycles. The van der Waals surface area contributed by atoms with E-state index in [4.69, 9.17) is 9.15 Å². The fourth-order valence-electron chi connectivity index (χ4n) is 1.26. The molecule has 0 aliphatic carbocycles. The smallest absolute Gasteiger partial charge is 0.276 e. The van der Waals surface area contributed by atoms with Gasteiger partial charge in [0.2, 0.25) is 5.89 Å². The molecule has 1 aliphatic heterocycles. The van der Waals surface area contributed by atoms with Crippen LogP contribution in [0.2, 0.25) is 0 Å². The number of hydrogen-bond donors (Lipinski definition) is 0. The fraction of sp³-hybridized carbons (Fsp3) is 0.750. The molecule has 1 aromatic rings. The first kappa shape index (κ1) is 9.02. The van der Waals surface area contributed by atoms with Crippen molar-refractivity contribution < 1.29 is 9.15 Å². The van der Waals surface area contributed by atoms with Crippen molar-refractivity contribution in [3.8, 4) is 0 Å². The van der Waals surface area contributed by atoms with Crippen LogP contribution in [-0.2, 0) is 4.74 Å². The molecule has 0 aromatic carbocycles. The maximum Gasteiger partial charge on any atom is 0.276 e. The van der Waals surface area contributed by atoms with Gasteiger partial charge in [-0.05, 0) is 12.8 Å². The van der Waals surface area contributed by atoms with Crippen molar-refractivity contribution in [2.75, 3.05) is 13.2 Å². The first-order chi connectivity index (χ1) is 6.34. The van der Waals surface area contributed by atoms with Gasteiger partial charge in [0, 0.05) is 25.4 Å². The van der Waals surface area contributed by atoms with E-state index < -0.39 is 0 Å². The van der Waals surface area contributed by atoms with Crippen LogP contribution < -0.4 is 0 Å². The summed E-state index contributed by atoms with van der Waals surface area (Å²) in [5.74, 6) is 0.634. The van der Waals surface area contributed by atoms with Crippen molar-refractivity contribution in [2.45, 2.75) is 30.2 Å². The van der Waals surface area contributed by atoms with Crippen molar-refractivity contribution in [3.05, 3.63) is 5.89 Å². The minimum Gasteiger partial charge on any atom is -0.416 e. The van der Waals surface area contributed by atoms with Crippen LogP contribution in [0, 0.1) is 6.92 Å². The number of aryl methyl sites for hydroxylation is 1. The van der Waals surface area contributed by atoms with E-state index in [0.29, 0.717) is 16.4 Å². The molecule has 72 valence electrons. The van der Waals surface area contributed by atoms with Crippen LogP contribution in [0.3, 0.4) is 0 Å². The lowest BCUT2D eigenvalue weighted by atomic mass is 10.2. The van der Waals surface area contributed by atoms with Crippen LogP contribution in [0.1, 0.15) is 18.7 Å². The summed E-state index contributed by atoms with van der Waals surface area (Å²) < 4.78 is 10.5. The molecule has 2 rings (SSSR count). The second kappa shape index (κ2) is 4.11. The Balaban J connectivity index is 1.89. The van der Waals surface area contributed by atoms with Gasteiger partial charge in [0.05, 0.1) is 0 Å². The lowest BCUT2D eigenvalue weighted by molar-refractivity contribution is 0.0998. The normalized spacial score (nSPS) is 19.2. The summed E-state index contributed by atoms with van der Waals surface area (Å²) in [5, 5.41) is 8.99. The molecule has 0 bridgehead atoms. The molecule has 4 nitrogen and oxygen atoms in total. The molecular weight excluding hydrogens is 188 g/mol. The Bertz CT molecular complexity index is 271. The number of hydrogen-bond acceptors (Lipinski definition) is 5. The van der Waals surface area contributed by atoms with Crippen LogP contribution in [0.15, 0.2) is 9.64 Å². The van der Waals surface area contributed by atoms with E-state index in [1.165, 1.54) is 0 Å². The summed E-state index contributed by atoms with van der Waals surface area (Å²) in [6, 6.07) is 0. The predicted molar refractivity (Wildman–Crippen MR) is 48.7 cm³/mol. The molecule has 0 spiro atoms. The van der Waals surface area contributed by atoms with Gasteiger partial charge in [-0.2, -0.15) is 0 Å². The Morgan fingerprint density at radius 3 is 2.69 bits per heavy atom. The van der Waals surface area contributed by atoms with E-state index in [1.807, 2.05) is 0 Å². The van der Waals surface area contributed by atoms with Gasteiger partial charge < -0.3 is 9.15 Å². The third-order valence-corrected chi connectivity index (χ3v) is 3.11. The van der Waals surface area contributed by atoms with E-state index in [1.54, 1.807) is 18.7 Å². The number of nitrogens with zero attached hydrogens (tertiary/aromatic N) is 2. The number of ether oxygens (including phenoxy) is 1. The molecule has 0 N–H and O–H groups in total. The first-order valence-electron chi connectivity index (χ1n) is 4.39. The average molecular weight is 200 g/mol. The standard InChI is InChI=1S/C8H12N2O2S/c1-6-9-10-8(12-6)13-7-2-4-11-5-3-7/h7H,2-5H2,1H3. The molecule has 0 amide bonds. The summed E-state index contributed by atoms with van der Waals surface area (Å²) in [5.41, 5.74) is 0. The second-order valence-corrected chi connectivity index (χ2v) is 4.27. The summed E-state index contributed by atoms with van der Waals surface area (Å²) in [7, 11) is 0. The predicted octanol–water partition coefficient (Wildman–Crippen LogP) is 1.65. The Hall–Kier alpha value is -0.550. The van der Waals surface area contributed by atoms with Gasteiger partial charge in [-0.25, -0.2) is 0 Å². The summed E-state index contributed by atoms with van der Waals surface area (Å²) in [4.78, 5) is 0. The second-order valence-electron chi connectivity index (χ2n) is 3.02. The molecule has 1 fully saturated rings. The topological polar surface area (TPSA) is 48.2 Å². The highest BCUT2D eigenvalue weighted by Gasteiger charge is 2.17. The van der Waals surface area contributed by atoms with Gasteiger partial charge in [0.15, 0.2) is 0 Å². The number of thioether (sulfide) groups is 1. The molecule has 2 heterocycles. The zero-order valence-corrected chi connectivity index (χ0v) is 8.34. The molecule has 13 heavy (non-hydrogen) atoms. The van der Waals surface area contributed by atoms with Crippen molar-refractivity contribution in [3.63, 3.8) is 0 Å². The molecular formula is C8H12N2O2S. The first-order valence-corrected chi connectivity index (χ1v) is 5.27. The monoisotopic (exact) mass is 200 g/mol. The van der Waals surface area contributed by atoms with Crippen LogP contribution in [0.4, 0.5) is 0 Å². The summed E-state index contributed by atoms with van der Waals surface area (Å²) >= 11 is 1.67. The third kappa shape index (κ3) is 2.45. The fourth-order valence-corrected chi connectivity index (χ4v) is 2.23. The maximum atomic E-state index is 5.29. The number of aromatic nitrogens is 2. The van der Waals surface area contributed by atoms with Crippen molar-refractivity contribution in [1.29, 1.82) is 0 Å². The highest BCUT2D eigenvalue weighted by atomic mass is 32.2. The van der Waals surface area contributed by atoms with Gasteiger partial charge in [0.25, 0.3) is 5.22 Å². The van der Waals surface area contributed by atoms with Crippen molar-refractivity contribution >= 4 is 11.8 Å². The third-order valence-electron chi connectivity index (χ3n) is 1.94. The molecule has 0 radical (unpaired) electrons. The lowest BCUT2D eigenvalue weighted by Gasteiger charge is -2.19. The van der Waals surface area contributed by atoms with E-state index in [0.717, 1.165) is 26.1 Å². The van der Waals surface area contributed by atoms with Crippen LogP contribution in [0.5, 0.6) is 0 Å². The van der Waals surface area contributed by atoms with E-state index >= 15 is 0 Å². The van der Waals surface area contributed by atoms with Crippen LogP contribution in [-0.4, -0.2) is 28.7 Å². The van der Waals surface area contributed by atoms with E-state index in [2.05, 4.69) is 10.2 Å². The number of rotatable bonds is 2. The Morgan fingerprint density at radius 1 is 1.31 bits per heavy atom. The summed E-state index contributed by atoms with van der Waals surface area (Å²) in [6.45, 7) is 3.51. The van der Waals surface area contributed by atoms with Gasteiger partial charge in [-0.1, -0.05) is 11.8 Å². The quantitative estimate of drug-likeness (QED) is 0.726. The SMILES string of the molecule is Cc1nnc(SC2CCOCC2)o1. The summed E-state index contributed by atoms with van der Waals surface area (Å²) in [6.07, 6.45) is 2.15. The molecule has 1 aliphatic rings. The highest BCUT2D eigenvalue weighted by Crippen LogP contribution is 2.28. The molecule has 0 atom stereocenters. The molecule has 0 unspecified atom stereocenters. The van der Waals surface area contributed by atoms with E-state index in [9.17, 15) is 0 Å². The molecule has 1 aromatic heterocycles. The van der Waals surface area contributed by atoms with Crippen molar-refractivity contribution in [2.24, 2.45) is 0 Å². The average Bonchev–Trinajstić information content (AvgIpc) is 2.53. The lowest BCUT2D eigenvalue weighted by Crippen LogP contribution is -2.17. The zero-order chi connectivity index (χ0) is 9.10.